The zero-order chi connectivity index (χ0) is 22.1. The molecule has 0 amide bonds. The van der Waals surface area contributed by atoms with Crippen molar-refractivity contribution in [2.24, 2.45) is 7.05 Å². The molecule has 0 atom stereocenters. The second kappa shape index (κ2) is 6.53. The predicted octanol–water partition coefficient (Wildman–Crippen LogP) is 7.18. The van der Waals surface area contributed by atoms with E-state index in [4.69, 9.17) is 0 Å². The van der Waals surface area contributed by atoms with Gasteiger partial charge in [-0.15, -0.1) is 0 Å². The molecule has 0 saturated heterocycles. The Labute approximate surface area is 186 Å². The van der Waals surface area contributed by atoms with E-state index in [2.05, 4.69) is 120 Å². The van der Waals surface area contributed by atoms with Crippen LogP contribution in [-0.2, 0) is 17.9 Å². The lowest BCUT2D eigenvalue weighted by atomic mass is 9.55. The van der Waals surface area contributed by atoms with Crippen molar-refractivity contribution in [2.45, 2.75) is 52.4 Å². The molecule has 1 aliphatic rings. The number of hydrogen-bond acceptors (Lipinski definition) is 0. The Bertz CT molecular complexity index is 1350. The first-order chi connectivity index (χ1) is 14.6. The van der Waals surface area contributed by atoms with E-state index in [-0.39, 0.29) is 10.8 Å². The molecule has 0 aliphatic heterocycles. The van der Waals surface area contributed by atoms with Crippen molar-refractivity contribution in [3.8, 4) is 22.4 Å². The number of benzene rings is 3. The normalized spacial score (nSPS) is 16.1. The maximum atomic E-state index is 2.45. The summed E-state index contributed by atoms with van der Waals surface area (Å²) in [5.41, 5.74) is 10.9. The van der Waals surface area contributed by atoms with Gasteiger partial charge in [-0.1, -0.05) is 58.0 Å². The third-order valence-corrected chi connectivity index (χ3v) is 8.03. The van der Waals surface area contributed by atoms with Crippen LogP contribution in [0.5, 0.6) is 0 Å². The van der Waals surface area contributed by atoms with Crippen molar-refractivity contribution < 1.29 is 4.57 Å². The van der Waals surface area contributed by atoms with Gasteiger partial charge in [0.05, 0.1) is 0 Å². The molecule has 0 bridgehead atoms. The van der Waals surface area contributed by atoms with Gasteiger partial charge in [-0.3, -0.25) is 0 Å². The average molecular weight is 407 g/mol. The van der Waals surface area contributed by atoms with Crippen LogP contribution in [0.15, 0.2) is 66.9 Å². The van der Waals surface area contributed by atoms with E-state index >= 15 is 0 Å². The monoisotopic (exact) mass is 406 g/mol. The quantitative estimate of drug-likeness (QED) is 0.295. The molecule has 1 aliphatic carbocycles. The van der Waals surface area contributed by atoms with Crippen molar-refractivity contribution in [3.63, 3.8) is 0 Å². The smallest absolute Gasteiger partial charge is 0.201 e. The molecular weight excluding hydrogens is 374 g/mol. The Kier molecular flexibility index (Phi) is 4.21. The maximum Gasteiger partial charge on any atom is 0.212 e. The van der Waals surface area contributed by atoms with Gasteiger partial charge >= 0.3 is 0 Å². The minimum absolute atomic E-state index is 0.0237. The third-order valence-electron chi connectivity index (χ3n) is 8.03. The minimum atomic E-state index is 0.0237. The van der Waals surface area contributed by atoms with E-state index in [1.165, 1.54) is 55.4 Å². The van der Waals surface area contributed by atoms with Gasteiger partial charge in [0.2, 0.25) is 5.69 Å². The van der Waals surface area contributed by atoms with Crippen LogP contribution in [0, 0.1) is 13.8 Å². The number of nitrogens with zero attached hydrogens (tertiary/aromatic N) is 1. The van der Waals surface area contributed by atoms with Crippen LogP contribution in [0.1, 0.15) is 49.9 Å². The number of hydrogen-bond donors (Lipinski definition) is 0. The van der Waals surface area contributed by atoms with Crippen molar-refractivity contribution in [3.05, 3.63) is 89.1 Å². The third kappa shape index (κ3) is 2.79. The molecule has 0 fully saturated rings. The van der Waals surface area contributed by atoms with Crippen LogP contribution < -0.4 is 4.57 Å². The predicted molar refractivity (Wildman–Crippen MR) is 132 cm³/mol. The number of fused-ring (bicyclic) bond motifs is 4. The van der Waals surface area contributed by atoms with E-state index < -0.39 is 0 Å². The van der Waals surface area contributed by atoms with E-state index in [0.717, 1.165) is 0 Å². The Morgan fingerprint density at radius 3 is 1.90 bits per heavy atom. The Morgan fingerprint density at radius 1 is 0.645 bits per heavy atom. The topological polar surface area (TPSA) is 3.88 Å². The zero-order valence-electron chi connectivity index (χ0n) is 19.8. The highest BCUT2D eigenvalue weighted by atomic mass is 14.9. The summed E-state index contributed by atoms with van der Waals surface area (Å²) in [6, 6.07) is 23.0. The van der Waals surface area contributed by atoms with Crippen LogP contribution in [0.2, 0.25) is 0 Å². The van der Waals surface area contributed by atoms with E-state index in [1.54, 1.807) is 0 Å². The number of pyridine rings is 1. The Morgan fingerprint density at radius 2 is 1.23 bits per heavy atom. The standard InChI is InChI=1S/C30H32N/c1-19-12-13-31(7)28(14-19)23-18-25-24-16-21-10-8-9-11-22(21)17-27(24)30(5,6)29(3,4)26(25)15-20(23)2/h8-18H,1-7H3/q+1. The summed E-state index contributed by atoms with van der Waals surface area (Å²) in [6.45, 7) is 14.1. The molecule has 0 unspecified atom stereocenters. The summed E-state index contributed by atoms with van der Waals surface area (Å²) >= 11 is 0. The van der Waals surface area contributed by atoms with Gasteiger partial charge in [0, 0.05) is 17.7 Å². The van der Waals surface area contributed by atoms with Gasteiger partial charge < -0.3 is 0 Å². The lowest BCUT2D eigenvalue weighted by Crippen LogP contribution is -2.43. The summed E-state index contributed by atoms with van der Waals surface area (Å²) in [4.78, 5) is 0. The number of rotatable bonds is 1. The molecule has 0 radical (unpaired) electrons. The van der Waals surface area contributed by atoms with Crippen LogP contribution in [0.4, 0.5) is 0 Å². The van der Waals surface area contributed by atoms with Crippen molar-refractivity contribution in [1.29, 1.82) is 0 Å². The summed E-state index contributed by atoms with van der Waals surface area (Å²) in [5.74, 6) is 0. The molecule has 31 heavy (non-hydrogen) atoms. The molecule has 1 nitrogen and oxygen atoms in total. The van der Waals surface area contributed by atoms with Crippen LogP contribution in [0.3, 0.4) is 0 Å². The van der Waals surface area contributed by atoms with Crippen LogP contribution >= 0.6 is 0 Å². The Hall–Kier alpha value is -2.93. The van der Waals surface area contributed by atoms with Crippen molar-refractivity contribution in [2.75, 3.05) is 0 Å². The molecule has 1 heteroatoms. The molecule has 1 heterocycles. The summed E-state index contributed by atoms with van der Waals surface area (Å²) < 4.78 is 2.24. The zero-order valence-corrected chi connectivity index (χ0v) is 19.8. The fraction of sp³-hybridized carbons (Fsp3) is 0.300. The lowest BCUT2D eigenvalue weighted by Gasteiger charge is -2.48. The SMILES string of the molecule is Cc1cc[n+](C)c(-c2cc3c(cc2C)C(C)(C)C(C)(C)c2cc4ccccc4cc2-3)c1. The fourth-order valence-electron chi connectivity index (χ4n) is 5.32. The highest BCUT2D eigenvalue weighted by Crippen LogP contribution is 2.55. The van der Waals surface area contributed by atoms with Gasteiger partial charge in [0.15, 0.2) is 6.20 Å². The first-order valence-electron chi connectivity index (χ1n) is 11.3. The highest BCUT2D eigenvalue weighted by molar-refractivity contribution is 5.93. The molecule has 5 rings (SSSR count). The van der Waals surface area contributed by atoms with Gasteiger partial charge in [-0.2, -0.15) is 0 Å². The molecule has 0 saturated carbocycles. The maximum absolute atomic E-state index is 2.45. The van der Waals surface area contributed by atoms with Crippen LogP contribution in [0.25, 0.3) is 33.2 Å². The minimum Gasteiger partial charge on any atom is -0.201 e. The summed E-state index contributed by atoms with van der Waals surface area (Å²) in [5, 5.41) is 2.64. The molecule has 1 aromatic heterocycles. The van der Waals surface area contributed by atoms with Gasteiger partial charge in [-0.05, 0) is 87.0 Å². The molecule has 3 aromatic carbocycles. The summed E-state index contributed by atoms with van der Waals surface area (Å²) in [6.07, 6.45) is 2.16. The average Bonchev–Trinajstić information content (AvgIpc) is 2.73. The van der Waals surface area contributed by atoms with Crippen molar-refractivity contribution >= 4 is 10.8 Å². The highest BCUT2D eigenvalue weighted by Gasteiger charge is 2.46. The Balaban J connectivity index is 1.88. The first-order valence-corrected chi connectivity index (χ1v) is 11.3. The van der Waals surface area contributed by atoms with Crippen molar-refractivity contribution in [1.82, 2.24) is 0 Å². The largest absolute Gasteiger partial charge is 0.212 e. The molecule has 4 aromatic rings. The number of aromatic nitrogens is 1. The second-order valence-corrected chi connectivity index (χ2v) is 10.4. The van der Waals surface area contributed by atoms with Gasteiger partial charge in [0.1, 0.15) is 7.05 Å². The summed E-state index contributed by atoms with van der Waals surface area (Å²) in [7, 11) is 2.14. The van der Waals surface area contributed by atoms with E-state index in [9.17, 15) is 0 Å². The molecule has 0 N–H and O–H groups in total. The second-order valence-electron chi connectivity index (χ2n) is 10.4. The number of aryl methyl sites for hydroxylation is 3. The van der Waals surface area contributed by atoms with E-state index in [0.29, 0.717) is 0 Å². The molecule has 0 spiro atoms. The molecule has 156 valence electrons. The van der Waals surface area contributed by atoms with Gasteiger partial charge in [-0.25, -0.2) is 4.57 Å². The first kappa shape index (κ1) is 20.0. The van der Waals surface area contributed by atoms with Crippen LogP contribution in [-0.4, -0.2) is 0 Å². The van der Waals surface area contributed by atoms with E-state index in [1.807, 2.05) is 0 Å². The lowest BCUT2D eigenvalue weighted by molar-refractivity contribution is -0.660. The fourth-order valence-corrected chi connectivity index (χ4v) is 5.32. The van der Waals surface area contributed by atoms with Gasteiger partial charge in [0.25, 0.3) is 0 Å². The molecular formula is C30H32N+.